The summed E-state index contributed by atoms with van der Waals surface area (Å²) in [5.74, 6) is -0.100. The van der Waals surface area contributed by atoms with Gasteiger partial charge in [0.15, 0.2) is 0 Å². The molecule has 0 atom stereocenters. The molecule has 0 aromatic heterocycles. The van der Waals surface area contributed by atoms with Gasteiger partial charge >= 0.3 is 0 Å². The fourth-order valence-electron chi connectivity index (χ4n) is 2.21. The van der Waals surface area contributed by atoms with Crippen LogP contribution in [0.3, 0.4) is 0 Å². The fourth-order valence-corrected chi connectivity index (χ4v) is 2.21. The highest BCUT2D eigenvalue weighted by molar-refractivity contribution is 5.67. The van der Waals surface area contributed by atoms with Crippen molar-refractivity contribution in [1.82, 2.24) is 5.32 Å². The lowest BCUT2D eigenvalue weighted by Crippen LogP contribution is -2.12. The van der Waals surface area contributed by atoms with Crippen LogP contribution in [0.2, 0.25) is 0 Å². The van der Waals surface area contributed by atoms with Gasteiger partial charge in [-0.1, -0.05) is 13.0 Å². The standard InChI is InChI=1S/C17H19F2NO/c1-4-20-10-13-8-12(5-6-17(13)21-3)14-9-15(18)11(2)7-16(14)19/h5-9,20H,4,10H2,1-3H3. The summed E-state index contributed by atoms with van der Waals surface area (Å²) in [6.45, 7) is 4.99. The van der Waals surface area contributed by atoms with E-state index in [2.05, 4.69) is 5.32 Å². The highest BCUT2D eigenvalue weighted by atomic mass is 19.1. The lowest BCUT2D eigenvalue weighted by molar-refractivity contribution is 0.408. The van der Waals surface area contributed by atoms with Crippen molar-refractivity contribution in [3.63, 3.8) is 0 Å². The molecule has 21 heavy (non-hydrogen) atoms. The van der Waals surface area contributed by atoms with E-state index < -0.39 is 11.6 Å². The normalized spacial score (nSPS) is 10.7. The second-order valence-corrected chi connectivity index (χ2v) is 4.89. The highest BCUT2D eigenvalue weighted by Crippen LogP contribution is 2.29. The van der Waals surface area contributed by atoms with E-state index in [1.165, 1.54) is 12.1 Å². The molecule has 0 heterocycles. The maximum absolute atomic E-state index is 14.1. The third-order valence-electron chi connectivity index (χ3n) is 3.41. The molecule has 0 aliphatic carbocycles. The third-order valence-corrected chi connectivity index (χ3v) is 3.41. The molecule has 2 nitrogen and oxygen atoms in total. The van der Waals surface area contributed by atoms with Crippen molar-refractivity contribution < 1.29 is 13.5 Å². The summed E-state index contributed by atoms with van der Waals surface area (Å²) in [6.07, 6.45) is 0. The van der Waals surface area contributed by atoms with E-state index in [9.17, 15) is 8.78 Å². The average molecular weight is 291 g/mol. The lowest BCUT2D eigenvalue weighted by atomic mass is 10.00. The van der Waals surface area contributed by atoms with E-state index in [1.807, 2.05) is 13.0 Å². The van der Waals surface area contributed by atoms with Crippen LogP contribution in [0.25, 0.3) is 11.1 Å². The van der Waals surface area contributed by atoms with Crippen LogP contribution in [0.5, 0.6) is 5.75 Å². The highest BCUT2D eigenvalue weighted by Gasteiger charge is 2.12. The Morgan fingerprint density at radius 2 is 1.86 bits per heavy atom. The van der Waals surface area contributed by atoms with Gasteiger partial charge in [0.25, 0.3) is 0 Å². The van der Waals surface area contributed by atoms with E-state index in [4.69, 9.17) is 4.74 Å². The van der Waals surface area contributed by atoms with Crippen molar-refractivity contribution in [3.8, 4) is 16.9 Å². The molecule has 4 heteroatoms. The molecule has 0 saturated carbocycles. The number of benzene rings is 2. The van der Waals surface area contributed by atoms with Crippen LogP contribution in [-0.4, -0.2) is 13.7 Å². The second kappa shape index (κ2) is 6.68. The summed E-state index contributed by atoms with van der Waals surface area (Å²) in [4.78, 5) is 0. The summed E-state index contributed by atoms with van der Waals surface area (Å²) in [5.41, 5.74) is 2.12. The van der Waals surface area contributed by atoms with E-state index in [0.717, 1.165) is 17.9 Å². The Balaban J connectivity index is 2.47. The van der Waals surface area contributed by atoms with Crippen LogP contribution in [-0.2, 0) is 6.54 Å². The Labute approximate surface area is 123 Å². The largest absolute Gasteiger partial charge is 0.496 e. The van der Waals surface area contributed by atoms with Gasteiger partial charge in [-0.05, 0) is 48.9 Å². The molecule has 112 valence electrons. The molecule has 1 N–H and O–H groups in total. The predicted octanol–water partition coefficient (Wildman–Crippen LogP) is 4.06. The van der Waals surface area contributed by atoms with Crippen molar-refractivity contribution in [2.24, 2.45) is 0 Å². The number of hydrogen-bond donors (Lipinski definition) is 1. The molecule has 0 aliphatic heterocycles. The molecular formula is C17H19F2NO. The molecule has 0 fully saturated rings. The predicted molar refractivity (Wildman–Crippen MR) is 80.5 cm³/mol. The van der Waals surface area contributed by atoms with Gasteiger partial charge in [0.05, 0.1) is 7.11 Å². The number of aryl methyl sites for hydroxylation is 1. The summed E-state index contributed by atoms with van der Waals surface area (Å²) in [7, 11) is 1.59. The van der Waals surface area contributed by atoms with Crippen LogP contribution in [0.15, 0.2) is 30.3 Å². The lowest BCUT2D eigenvalue weighted by Gasteiger charge is -2.12. The maximum atomic E-state index is 14.1. The van der Waals surface area contributed by atoms with Crippen LogP contribution < -0.4 is 10.1 Å². The Morgan fingerprint density at radius 1 is 1.10 bits per heavy atom. The quantitative estimate of drug-likeness (QED) is 0.897. The number of hydrogen-bond acceptors (Lipinski definition) is 2. The molecule has 2 aromatic rings. The summed E-state index contributed by atoms with van der Waals surface area (Å²) >= 11 is 0. The number of ether oxygens (including phenoxy) is 1. The van der Waals surface area contributed by atoms with E-state index >= 15 is 0 Å². The monoisotopic (exact) mass is 291 g/mol. The molecule has 0 unspecified atom stereocenters. The van der Waals surface area contributed by atoms with E-state index in [1.54, 1.807) is 26.2 Å². The Morgan fingerprint density at radius 3 is 2.52 bits per heavy atom. The number of nitrogens with one attached hydrogen (secondary N) is 1. The van der Waals surface area contributed by atoms with Gasteiger partial charge in [0, 0.05) is 17.7 Å². The second-order valence-electron chi connectivity index (χ2n) is 4.89. The zero-order chi connectivity index (χ0) is 15.4. The summed E-state index contributed by atoms with van der Waals surface area (Å²) in [6, 6.07) is 7.80. The van der Waals surface area contributed by atoms with Gasteiger partial charge in [-0.2, -0.15) is 0 Å². The van der Waals surface area contributed by atoms with Gasteiger partial charge < -0.3 is 10.1 Å². The molecule has 2 rings (SSSR count). The first kappa shape index (κ1) is 15.4. The van der Waals surface area contributed by atoms with Gasteiger partial charge in [-0.3, -0.25) is 0 Å². The third kappa shape index (κ3) is 3.39. The molecule has 0 bridgehead atoms. The fraction of sp³-hybridized carbons (Fsp3) is 0.294. The minimum absolute atomic E-state index is 0.263. The van der Waals surface area contributed by atoms with Gasteiger partial charge in [-0.25, -0.2) is 8.78 Å². The molecule has 2 aromatic carbocycles. The number of methoxy groups -OCH3 is 1. The van der Waals surface area contributed by atoms with Crippen molar-refractivity contribution in [2.75, 3.05) is 13.7 Å². The van der Waals surface area contributed by atoms with Gasteiger partial charge in [0.2, 0.25) is 0 Å². The Bertz CT molecular complexity index is 641. The first-order valence-electron chi connectivity index (χ1n) is 6.90. The van der Waals surface area contributed by atoms with Gasteiger partial charge in [-0.15, -0.1) is 0 Å². The average Bonchev–Trinajstić information content (AvgIpc) is 2.48. The Hall–Kier alpha value is -1.94. The molecular weight excluding hydrogens is 272 g/mol. The smallest absolute Gasteiger partial charge is 0.131 e. The molecule has 0 saturated heterocycles. The van der Waals surface area contributed by atoms with Gasteiger partial charge in [0.1, 0.15) is 17.4 Å². The van der Waals surface area contributed by atoms with Crippen LogP contribution in [0, 0.1) is 18.6 Å². The van der Waals surface area contributed by atoms with Crippen molar-refractivity contribution >= 4 is 0 Å². The number of rotatable bonds is 5. The van der Waals surface area contributed by atoms with Crippen LogP contribution in [0.1, 0.15) is 18.1 Å². The van der Waals surface area contributed by atoms with Crippen LogP contribution >= 0.6 is 0 Å². The number of halogens is 2. The molecule has 0 radical (unpaired) electrons. The van der Waals surface area contributed by atoms with Crippen LogP contribution in [0.4, 0.5) is 8.78 Å². The SMILES string of the molecule is CCNCc1cc(-c2cc(F)c(C)cc2F)ccc1OC. The van der Waals surface area contributed by atoms with E-state index in [0.29, 0.717) is 17.7 Å². The zero-order valence-corrected chi connectivity index (χ0v) is 12.5. The minimum Gasteiger partial charge on any atom is -0.496 e. The molecule has 0 aliphatic rings. The summed E-state index contributed by atoms with van der Waals surface area (Å²) < 4.78 is 33.1. The summed E-state index contributed by atoms with van der Waals surface area (Å²) in [5, 5.41) is 3.21. The zero-order valence-electron chi connectivity index (χ0n) is 12.5. The first-order chi connectivity index (χ1) is 10.1. The van der Waals surface area contributed by atoms with E-state index in [-0.39, 0.29) is 5.56 Å². The maximum Gasteiger partial charge on any atom is 0.131 e. The Kier molecular flexibility index (Phi) is 4.91. The molecule has 0 amide bonds. The topological polar surface area (TPSA) is 21.3 Å². The van der Waals surface area contributed by atoms with Crippen molar-refractivity contribution in [3.05, 3.63) is 53.1 Å². The first-order valence-corrected chi connectivity index (χ1v) is 6.90. The molecule has 0 spiro atoms. The minimum atomic E-state index is -0.423. The van der Waals surface area contributed by atoms with Crippen molar-refractivity contribution in [1.29, 1.82) is 0 Å². The van der Waals surface area contributed by atoms with Crippen molar-refractivity contribution in [2.45, 2.75) is 20.4 Å².